The number of hydrogen-bond acceptors (Lipinski definition) is 6. The van der Waals surface area contributed by atoms with Crippen molar-refractivity contribution in [2.24, 2.45) is 0 Å². The predicted octanol–water partition coefficient (Wildman–Crippen LogP) is 22.3. The van der Waals surface area contributed by atoms with Crippen LogP contribution in [-0.4, -0.2) is 37.2 Å². The summed E-state index contributed by atoms with van der Waals surface area (Å²) in [4.78, 5) is 38.3. The van der Waals surface area contributed by atoms with Crippen molar-refractivity contribution in [2.75, 3.05) is 13.2 Å². The molecule has 1 atom stereocenters. The van der Waals surface area contributed by atoms with Gasteiger partial charge >= 0.3 is 17.9 Å². The van der Waals surface area contributed by atoms with Gasteiger partial charge in [-0.1, -0.05) is 273 Å². The van der Waals surface area contributed by atoms with Crippen LogP contribution < -0.4 is 0 Å². The molecule has 0 fully saturated rings. The Balaban J connectivity index is 4.29. The van der Waals surface area contributed by atoms with Crippen LogP contribution in [0.25, 0.3) is 0 Å². The number of esters is 3. The molecule has 0 aliphatic carbocycles. The van der Waals surface area contributed by atoms with E-state index in [1.165, 1.54) is 186 Å². The van der Waals surface area contributed by atoms with E-state index in [0.29, 0.717) is 19.3 Å². The predicted molar refractivity (Wildman–Crippen MR) is 330 cm³/mol. The van der Waals surface area contributed by atoms with Gasteiger partial charge in [0.25, 0.3) is 0 Å². The van der Waals surface area contributed by atoms with E-state index in [4.69, 9.17) is 14.2 Å². The van der Waals surface area contributed by atoms with E-state index in [1.54, 1.807) is 0 Å². The van der Waals surface area contributed by atoms with Crippen LogP contribution in [0.3, 0.4) is 0 Å². The van der Waals surface area contributed by atoms with Crippen LogP contribution in [-0.2, 0) is 28.6 Å². The Kier molecular flexibility index (Phi) is 61.2. The SMILES string of the molecule is CC/C=C\C/C=C\C/C=C\CCCCCC(=O)OCC(COC(=O)CCCCCCCCCCCCCC/C=C\C/C=C\C/C=C\CCCCCCC)OC(=O)CCCCCCCCC/C=C\CCCCCCCCC. The zero-order valence-corrected chi connectivity index (χ0v) is 50.3. The highest BCUT2D eigenvalue weighted by atomic mass is 16.6. The monoisotopic (exact) mass is 1060 g/mol. The van der Waals surface area contributed by atoms with Crippen molar-refractivity contribution in [1.29, 1.82) is 0 Å². The molecule has 0 amide bonds. The topological polar surface area (TPSA) is 78.9 Å². The molecule has 1 unspecified atom stereocenters. The van der Waals surface area contributed by atoms with Crippen molar-refractivity contribution >= 4 is 17.9 Å². The van der Waals surface area contributed by atoms with Gasteiger partial charge in [-0.15, -0.1) is 0 Å². The van der Waals surface area contributed by atoms with E-state index in [0.717, 1.165) is 96.3 Å². The Hall–Kier alpha value is -3.41. The smallest absolute Gasteiger partial charge is 0.306 e. The van der Waals surface area contributed by atoms with Crippen molar-refractivity contribution in [3.8, 4) is 0 Å². The first-order chi connectivity index (χ1) is 37.5. The molecular weight excluding hydrogens is 937 g/mol. The summed E-state index contributed by atoms with van der Waals surface area (Å²) >= 11 is 0. The Morgan fingerprint density at radius 1 is 0.276 bits per heavy atom. The fourth-order valence-electron chi connectivity index (χ4n) is 9.23. The number of unbranched alkanes of at least 4 members (excludes halogenated alkanes) is 34. The van der Waals surface area contributed by atoms with Crippen LogP contribution in [0, 0.1) is 0 Å². The number of allylic oxidation sites excluding steroid dienone is 14. The third-order valence-corrected chi connectivity index (χ3v) is 14.1. The first kappa shape index (κ1) is 72.6. The molecule has 0 radical (unpaired) electrons. The van der Waals surface area contributed by atoms with Crippen LogP contribution in [0.15, 0.2) is 85.1 Å². The van der Waals surface area contributed by atoms with Crippen molar-refractivity contribution in [3.63, 3.8) is 0 Å². The summed E-state index contributed by atoms with van der Waals surface area (Å²) in [5.74, 6) is -0.913. The number of ether oxygens (including phenoxy) is 3. The molecule has 438 valence electrons. The zero-order valence-electron chi connectivity index (χ0n) is 50.3. The molecule has 0 aromatic heterocycles. The molecule has 0 bridgehead atoms. The van der Waals surface area contributed by atoms with Crippen LogP contribution in [0.2, 0.25) is 0 Å². The minimum Gasteiger partial charge on any atom is -0.462 e. The fourth-order valence-corrected chi connectivity index (χ4v) is 9.23. The molecule has 0 rings (SSSR count). The van der Waals surface area contributed by atoms with Crippen molar-refractivity contribution < 1.29 is 28.6 Å². The molecule has 0 aromatic carbocycles. The zero-order chi connectivity index (χ0) is 55.0. The number of carbonyl (C=O) groups is 3. The van der Waals surface area contributed by atoms with E-state index in [9.17, 15) is 14.4 Å². The molecule has 0 saturated carbocycles. The van der Waals surface area contributed by atoms with Gasteiger partial charge in [0.2, 0.25) is 0 Å². The van der Waals surface area contributed by atoms with Crippen LogP contribution in [0.4, 0.5) is 0 Å². The Morgan fingerprint density at radius 2 is 0.513 bits per heavy atom. The summed E-state index contributed by atoms with van der Waals surface area (Å²) in [6.07, 6.45) is 84.6. The number of carbonyl (C=O) groups excluding carboxylic acids is 3. The molecule has 0 aliphatic heterocycles. The van der Waals surface area contributed by atoms with Crippen molar-refractivity contribution in [3.05, 3.63) is 85.1 Å². The van der Waals surface area contributed by atoms with Gasteiger partial charge < -0.3 is 14.2 Å². The lowest BCUT2D eigenvalue weighted by Gasteiger charge is -2.18. The molecule has 6 nitrogen and oxygen atoms in total. The Bertz CT molecular complexity index is 1450. The van der Waals surface area contributed by atoms with E-state index >= 15 is 0 Å². The second kappa shape index (κ2) is 64.1. The van der Waals surface area contributed by atoms with Crippen LogP contribution >= 0.6 is 0 Å². The average Bonchev–Trinajstić information content (AvgIpc) is 3.42. The van der Waals surface area contributed by atoms with Crippen molar-refractivity contribution in [2.45, 2.75) is 329 Å². The van der Waals surface area contributed by atoms with Crippen molar-refractivity contribution in [1.82, 2.24) is 0 Å². The minimum absolute atomic E-state index is 0.0875. The highest BCUT2D eigenvalue weighted by Gasteiger charge is 2.19. The summed E-state index contributed by atoms with van der Waals surface area (Å²) in [6, 6.07) is 0. The molecule has 0 aromatic rings. The lowest BCUT2D eigenvalue weighted by molar-refractivity contribution is -0.167. The van der Waals surface area contributed by atoms with Crippen LogP contribution in [0.5, 0.6) is 0 Å². The Morgan fingerprint density at radius 3 is 0.829 bits per heavy atom. The lowest BCUT2D eigenvalue weighted by atomic mass is 10.0. The molecule has 0 saturated heterocycles. The lowest BCUT2D eigenvalue weighted by Crippen LogP contribution is -2.30. The van der Waals surface area contributed by atoms with Gasteiger partial charge in [-0.2, -0.15) is 0 Å². The molecular formula is C70H122O6. The normalized spacial score (nSPS) is 12.6. The van der Waals surface area contributed by atoms with E-state index in [2.05, 4.69) is 106 Å². The number of hydrogen-bond donors (Lipinski definition) is 0. The van der Waals surface area contributed by atoms with E-state index in [1.807, 2.05) is 0 Å². The summed E-state index contributed by atoms with van der Waals surface area (Å²) in [7, 11) is 0. The second-order valence-electron chi connectivity index (χ2n) is 21.6. The summed E-state index contributed by atoms with van der Waals surface area (Å²) < 4.78 is 16.9. The molecule has 76 heavy (non-hydrogen) atoms. The average molecular weight is 1060 g/mol. The first-order valence-electron chi connectivity index (χ1n) is 32.6. The second-order valence-corrected chi connectivity index (χ2v) is 21.6. The van der Waals surface area contributed by atoms with Gasteiger partial charge in [0.1, 0.15) is 13.2 Å². The summed E-state index contributed by atoms with van der Waals surface area (Å²) in [5.41, 5.74) is 0. The maximum atomic E-state index is 12.9. The highest BCUT2D eigenvalue weighted by molar-refractivity contribution is 5.71. The molecule has 0 N–H and O–H groups in total. The largest absolute Gasteiger partial charge is 0.462 e. The minimum atomic E-state index is -0.793. The van der Waals surface area contributed by atoms with Gasteiger partial charge in [-0.05, 0) is 116 Å². The van der Waals surface area contributed by atoms with E-state index in [-0.39, 0.29) is 31.1 Å². The van der Waals surface area contributed by atoms with Gasteiger partial charge in [0.15, 0.2) is 6.10 Å². The van der Waals surface area contributed by atoms with E-state index < -0.39 is 6.10 Å². The fraction of sp³-hybridized carbons (Fsp3) is 0.757. The van der Waals surface area contributed by atoms with Gasteiger partial charge in [0, 0.05) is 19.3 Å². The standard InChI is InChI=1S/C70H122O6/c1-4-7-10-13-16-19-22-25-27-29-31-32-33-34-35-36-37-38-39-41-42-45-48-51-54-57-60-63-69(72)75-66-67(65-74-68(71)62-59-56-53-50-47-44-24-21-18-15-12-9-6-3)76-70(73)64-61-58-55-52-49-46-43-40-30-28-26-23-20-17-14-11-8-5-2/h9,12,18,21-22,25,28-31,33-34,44,47,67H,4-8,10-11,13-17,19-20,23-24,26-27,32,35-43,45-46,48-66H2,1-3H3/b12-9-,21-18-,25-22-,30-28-,31-29-,34-33-,47-44-. The quantitative estimate of drug-likeness (QED) is 0.0261. The molecule has 0 spiro atoms. The maximum absolute atomic E-state index is 12.9. The highest BCUT2D eigenvalue weighted by Crippen LogP contribution is 2.16. The summed E-state index contributed by atoms with van der Waals surface area (Å²) in [6.45, 7) is 6.51. The Labute approximate surface area is 471 Å². The summed E-state index contributed by atoms with van der Waals surface area (Å²) in [5, 5.41) is 0. The third-order valence-electron chi connectivity index (χ3n) is 14.1. The number of rotatable bonds is 59. The van der Waals surface area contributed by atoms with Gasteiger partial charge in [0.05, 0.1) is 0 Å². The molecule has 6 heteroatoms. The maximum Gasteiger partial charge on any atom is 0.306 e. The van der Waals surface area contributed by atoms with Crippen LogP contribution in [0.1, 0.15) is 323 Å². The van der Waals surface area contributed by atoms with Gasteiger partial charge in [-0.3, -0.25) is 14.4 Å². The molecule has 0 heterocycles. The molecule has 0 aliphatic rings. The third kappa shape index (κ3) is 61.4. The van der Waals surface area contributed by atoms with Gasteiger partial charge in [-0.25, -0.2) is 0 Å². The first-order valence-corrected chi connectivity index (χ1v) is 32.6.